The van der Waals surface area contributed by atoms with Crippen molar-refractivity contribution in [2.24, 2.45) is 5.73 Å². The Labute approximate surface area is 91.5 Å². The molecular weight excluding hydrogens is 196 g/mol. The van der Waals surface area contributed by atoms with E-state index in [4.69, 9.17) is 15.2 Å². The van der Waals surface area contributed by atoms with Crippen LogP contribution < -0.4 is 5.73 Å². The van der Waals surface area contributed by atoms with Crippen LogP contribution >= 0.6 is 0 Å². The topological polar surface area (TPSA) is 64.8 Å². The molecule has 0 aromatic heterocycles. The summed E-state index contributed by atoms with van der Waals surface area (Å²) in [4.78, 5) is 13.3. The third kappa shape index (κ3) is 7.30. The summed E-state index contributed by atoms with van der Waals surface area (Å²) in [6.07, 6.45) is 0.831. The van der Waals surface area contributed by atoms with Crippen LogP contribution in [0.25, 0.3) is 0 Å². The summed E-state index contributed by atoms with van der Waals surface area (Å²) < 4.78 is 9.96. The minimum atomic E-state index is 0.0158. The molecule has 0 bridgehead atoms. The van der Waals surface area contributed by atoms with Gasteiger partial charge in [-0.2, -0.15) is 0 Å². The van der Waals surface area contributed by atoms with Gasteiger partial charge in [-0.15, -0.1) is 0 Å². The predicted molar refractivity (Wildman–Crippen MR) is 58.6 cm³/mol. The van der Waals surface area contributed by atoms with E-state index >= 15 is 0 Å². The largest absolute Gasteiger partial charge is 0.382 e. The first kappa shape index (κ1) is 14.3. The highest BCUT2D eigenvalue weighted by molar-refractivity contribution is 5.77. The van der Waals surface area contributed by atoms with Gasteiger partial charge in [-0.3, -0.25) is 4.79 Å². The van der Waals surface area contributed by atoms with Gasteiger partial charge in [-0.25, -0.2) is 0 Å². The van der Waals surface area contributed by atoms with Crippen molar-refractivity contribution in [3.8, 4) is 0 Å². The summed E-state index contributed by atoms with van der Waals surface area (Å²) in [5, 5.41) is 0. The van der Waals surface area contributed by atoms with Crippen LogP contribution in [0.4, 0.5) is 0 Å². The predicted octanol–water partition coefficient (Wildman–Crippen LogP) is -0.153. The standard InChI is InChI=1S/C10H22N2O3/c1-3-12(6-4-5-11)10(13)9-15-8-7-14-2/h3-9,11H2,1-2H3. The third-order valence-electron chi connectivity index (χ3n) is 2.02. The van der Waals surface area contributed by atoms with Gasteiger partial charge in [0.15, 0.2) is 0 Å². The number of rotatable bonds is 9. The SMILES string of the molecule is CCN(CCCN)C(=O)COCCOC. The maximum atomic E-state index is 11.6. The van der Waals surface area contributed by atoms with Crippen LogP contribution in [0.15, 0.2) is 0 Å². The second-order valence-corrected chi connectivity index (χ2v) is 3.16. The Hall–Kier alpha value is -0.650. The van der Waals surface area contributed by atoms with E-state index < -0.39 is 0 Å². The van der Waals surface area contributed by atoms with Crippen LogP contribution in [0.2, 0.25) is 0 Å². The number of nitrogens with two attached hydrogens (primary N) is 1. The summed E-state index contributed by atoms with van der Waals surface area (Å²) >= 11 is 0. The molecule has 0 atom stereocenters. The van der Waals surface area contributed by atoms with Gasteiger partial charge in [0.05, 0.1) is 13.2 Å². The second-order valence-electron chi connectivity index (χ2n) is 3.16. The quantitative estimate of drug-likeness (QED) is 0.546. The number of carbonyl (C=O) groups is 1. The van der Waals surface area contributed by atoms with Gasteiger partial charge in [-0.05, 0) is 19.9 Å². The number of hydrogen-bond donors (Lipinski definition) is 1. The minimum absolute atomic E-state index is 0.0158. The van der Waals surface area contributed by atoms with Gasteiger partial charge in [0, 0.05) is 20.2 Å². The van der Waals surface area contributed by atoms with Crippen molar-refractivity contribution >= 4 is 5.91 Å². The Morgan fingerprint density at radius 1 is 1.40 bits per heavy atom. The van der Waals surface area contributed by atoms with Gasteiger partial charge >= 0.3 is 0 Å². The van der Waals surface area contributed by atoms with E-state index in [0.29, 0.717) is 32.8 Å². The maximum Gasteiger partial charge on any atom is 0.248 e. The molecule has 0 radical (unpaired) electrons. The van der Waals surface area contributed by atoms with E-state index in [1.807, 2.05) is 6.92 Å². The van der Waals surface area contributed by atoms with Crippen molar-refractivity contribution in [2.75, 3.05) is 46.6 Å². The lowest BCUT2D eigenvalue weighted by Gasteiger charge is -2.20. The number of amides is 1. The Morgan fingerprint density at radius 3 is 2.67 bits per heavy atom. The molecular formula is C10H22N2O3. The highest BCUT2D eigenvalue weighted by Crippen LogP contribution is 1.93. The van der Waals surface area contributed by atoms with E-state index in [9.17, 15) is 4.79 Å². The molecule has 0 aromatic rings. The van der Waals surface area contributed by atoms with E-state index in [1.165, 1.54) is 0 Å². The van der Waals surface area contributed by atoms with Crippen molar-refractivity contribution < 1.29 is 14.3 Å². The normalized spacial score (nSPS) is 10.3. The van der Waals surface area contributed by atoms with Gasteiger partial charge in [0.2, 0.25) is 5.91 Å². The Bertz CT molecular complexity index is 165. The second kappa shape index (κ2) is 9.89. The molecule has 90 valence electrons. The van der Waals surface area contributed by atoms with E-state index in [0.717, 1.165) is 6.42 Å². The van der Waals surface area contributed by atoms with Crippen LogP contribution in [0.3, 0.4) is 0 Å². The molecule has 0 unspecified atom stereocenters. The van der Waals surface area contributed by atoms with Crippen molar-refractivity contribution in [1.29, 1.82) is 0 Å². The first-order valence-electron chi connectivity index (χ1n) is 5.30. The number of carbonyl (C=O) groups excluding carboxylic acids is 1. The Morgan fingerprint density at radius 2 is 2.13 bits per heavy atom. The molecule has 0 saturated carbocycles. The molecule has 0 aliphatic heterocycles. The van der Waals surface area contributed by atoms with Crippen LogP contribution in [-0.4, -0.2) is 57.4 Å². The highest BCUT2D eigenvalue weighted by atomic mass is 16.5. The molecule has 15 heavy (non-hydrogen) atoms. The first-order valence-corrected chi connectivity index (χ1v) is 5.30. The zero-order chi connectivity index (χ0) is 11.5. The van der Waals surface area contributed by atoms with Crippen molar-refractivity contribution in [3.05, 3.63) is 0 Å². The maximum absolute atomic E-state index is 11.6. The number of nitrogens with zero attached hydrogens (tertiary/aromatic N) is 1. The van der Waals surface area contributed by atoms with Crippen LogP contribution in [-0.2, 0) is 14.3 Å². The molecule has 2 N–H and O–H groups in total. The van der Waals surface area contributed by atoms with E-state index in [2.05, 4.69) is 0 Å². The van der Waals surface area contributed by atoms with Gasteiger partial charge in [-0.1, -0.05) is 0 Å². The fourth-order valence-electron chi connectivity index (χ4n) is 1.13. The molecule has 0 spiro atoms. The van der Waals surface area contributed by atoms with Crippen LogP contribution in [0.5, 0.6) is 0 Å². The lowest BCUT2D eigenvalue weighted by Crippen LogP contribution is -2.35. The first-order chi connectivity index (χ1) is 7.26. The number of hydrogen-bond acceptors (Lipinski definition) is 4. The summed E-state index contributed by atoms with van der Waals surface area (Å²) in [6.45, 7) is 5.06. The zero-order valence-corrected chi connectivity index (χ0v) is 9.70. The average molecular weight is 218 g/mol. The van der Waals surface area contributed by atoms with Gasteiger partial charge < -0.3 is 20.1 Å². The molecule has 0 aliphatic rings. The Kier molecular flexibility index (Phi) is 9.46. The lowest BCUT2D eigenvalue weighted by molar-refractivity contribution is -0.136. The highest BCUT2D eigenvalue weighted by Gasteiger charge is 2.10. The molecule has 5 heteroatoms. The summed E-state index contributed by atoms with van der Waals surface area (Å²) in [5.41, 5.74) is 5.39. The third-order valence-corrected chi connectivity index (χ3v) is 2.02. The Balaban J connectivity index is 3.63. The smallest absolute Gasteiger partial charge is 0.248 e. The fraction of sp³-hybridized carbons (Fsp3) is 0.900. The van der Waals surface area contributed by atoms with Crippen molar-refractivity contribution in [1.82, 2.24) is 4.90 Å². The summed E-state index contributed by atoms with van der Waals surface area (Å²) in [7, 11) is 1.60. The lowest BCUT2D eigenvalue weighted by atomic mass is 10.3. The van der Waals surface area contributed by atoms with Crippen molar-refractivity contribution in [2.45, 2.75) is 13.3 Å². The van der Waals surface area contributed by atoms with Crippen LogP contribution in [0, 0.1) is 0 Å². The number of ether oxygens (including phenoxy) is 2. The molecule has 0 aliphatic carbocycles. The number of likely N-dealkylation sites (N-methyl/N-ethyl adjacent to an activating group) is 1. The van der Waals surface area contributed by atoms with E-state index in [-0.39, 0.29) is 12.5 Å². The molecule has 0 heterocycles. The molecule has 0 aromatic carbocycles. The molecule has 0 fully saturated rings. The van der Waals surface area contributed by atoms with Gasteiger partial charge in [0.25, 0.3) is 0 Å². The van der Waals surface area contributed by atoms with Crippen molar-refractivity contribution in [3.63, 3.8) is 0 Å². The number of methoxy groups -OCH3 is 1. The minimum Gasteiger partial charge on any atom is -0.382 e. The summed E-state index contributed by atoms with van der Waals surface area (Å²) in [5.74, 6) is 0.0158. The molecule has 0 saturated heterocycles. The van der Waals surface area contributed by atoms with Crippen LogP contribution in [0.1, 0.15) is 13.3 Å². The van der Waals surface area contributed by atoms with E-state index in [1.54, 1.807) is 12.0 Å². The summed E-state index contributed by atoms with van der Waals surface area (Å²) in [6, 6.07) is 0. The fourth-order valence-corrected chi connectivity index (χ4v) is 1.13. The monoisotopic (exact) mass is 218 g/mol. The average Bonchev–Trinajstić information content (AvgIpc) is 2.25. The zero-order valence-electron chi connectivity index (χ0n) is 9.70. The molecule has 0 rings (SSSR count). The van der Waals surface area contributed by atoms with Gasteiger partial charge in [0.1, 0.15) is 6.61 Å². The molecule has 1 amide bonds. The molecule has 5 nitrogen and oxygen atoms in total.